The van der Waals surface area contributed by atoms with Gasteiger partial charge in [-0.1, -0.05) is 15.9 Å². The van der Waals surface area contributed by atoms with Crippen LogP contribution in [0.1, 0.15) is 17.9 Å². The van der Waals surface area contributed by atoms with E-state index in [-0.39, 0.29) is 0 Å². The Hall–Kier alpha value is -1.23. The van der Waals surface area contributed by atoms with Crippen LogP contribution in [0.25, 0.3) is 0 Å². The summed E-state index contributed by atoms with van der Waals surface area (Å²) >= 11 is 3.36. The molecular formula is C11H11BrO4. The average molecular weight is 287 g/mol. The van der Waals surface area contributed by atoms with Crippen molar-refractivity contribution in [2.75, 3.05) is 13.7 Å². The van der Waals surface area contributed by atoms with Crippen LogP contribution in [-0.4, -0.2) is 24.8 Å². The van der Waals surface area contributed by atoms with E-state index in [2.05, 4.69) is 15.9 Å². The van der Waals surface area contributed by atoms with Gasteiger partial charge in [-0.05, 0) is 18.6 Å². The van der Waals surface area contributed by atoms with Gasteiger partial charge in [-0.25, -0.2) is 0 Å². The molecule has 1 aromatic rings. The second kappa shape index (κ2) is 4.33. The minimum atomic E-state index is -0.835. The Labute approximate surface area is 101 Å². The van der Waals surface area contributed by atoms with Gasteiger partial charge in [-0.2, -0.15) is 0 Å². The number of carboxylic acids is 1. The number of hydrogen-bond donors (Lipinski definition) is 1. The maximum absolute atomic E-state index is 11.2. The molecule has 0 aliphatic carbocycles. The van der Waals surface area contributed by atoms with Gasteiger partial charge in [-0.3, -0.25) is 4.79 Å². The molecule has 0 fully saturated rings. The lowest BCUT2D eigenvalue weighted by Crippen LogP contribution is -2.21. The Morgan fingerprint density at radius 1 is 1.62 bits per heavy atom. The number of halogens is 1. The molecule has 4 nitrogen and oxygen atoms in total. The van der Waals surface area contributed by atoms with Crippen molar-refractivity contribution >= 4 is 21.9 Å². The van der Waals surface area contributed by atoms with Crippen LogP contribution in [0, 0.1) is 0 Å². The standard InChI is InChI=1S/C11H11BrO4/c1-15-8-3-2-7(12)9-6(11(13)14)4-5-16-10(8)9/h2-3,6H,4-5H2,1H3,(H,13,14). The van der Waals surface area contributed by atoms with Gasteiger partial charge in [0.05, 0.1) is 19.6 Å². The van der Waals surface area contributed by atoms with Gasteiger partial charge in [0.25, 0.3) is 0 Å². The summed E-state index contributed by atoms with van der Waals surface area (Å²) < 4.78 is 11.4. The molecule has 0 saturated heterocycles. The maximum atomic E-state index is 11.2. The first-order valence-electron chi connectivity index (χ1n) is 4.87. The van der Waals surface area contributed by atoms with Crippen LogP contribution < -0.4 is 9.47 Å². The average Bonchev–Trinajstić information content (AvgIpc) is 2.29. The molecule has 1 aromatic carbocycles. The van der Waals surface area contributed by atoms with E-state index in [9.17, 15) is 4.79 Å². The fourth-order valence-electron chi connectivity index (χ4n) is 1.86. The lowest BCUT2D eigenvalue weighted by molar-refractivity contribution is -0.139. The van der Waals surface area contributed by atoms with Crippen molar-refractivity contribution in [3.63, 3.8) is 0 Å². The van der Waals surface area contributed by atoms with Gasteiger partial charge in [0, 0.05) is 10.0 Å². The van der Waals surface area contributed by atoms with Crippen LogP contribution in [0.4, 0.5) is 0 Å². The number of ether oxygens (including phenoxy) is 2. The summed E-state index contributed by atoms with van der Waals surface area (Å²) in [6, 6.07) is 3.54. The fraction of sp³-hybridized carbons (Fsp3) is 0.364. The number of methoxy groups -OCH3 is 1. The summed E-state index contributed by atoms with van der Waals surface area (Å²) in [6.07, 6.45) is 0.480. The largest absolute Gasteiger partial charge is 0.493 e. The molecule has 5 heteroatoms. The lowest BCUT2D eigenvalue weighted by atomic mass is 9.93. The molecule has 0 bridgehead atoms. The number of carboxylic acid groups (broad SMARTS) is 1. The molecule has 0 spiro atoms. The van der Waals surface area contributed by atoms with Gasteiger partial charge in [0.15, 0.2) is 11.5 Å². The number of rotatable bonds is 2. The molecular weight excluding hydrogens is 276 g/mol. The highest BCUT2D eigenvalue weighted by Crippen LogP contribution is 2.44. The first-order chi connectivity index (χ1) is 7.65. The first-order valence-corrected chi connectivity index (χ1v) is 5.66. The first kappa shape index (κ1) is 11.3. The third kappa shape index (κ3) is 1.75. The normalized spacial score (nSPS) is 18.5. The van der Waals surface area contributed by atoms with E-state index in [0.717, 1.165) is 4.47 Å². The van der Waals surface area contributed by atoms with Crippen molar-refractivity contribution in [2.45, 2.75) is 12.3 Å². The molecule has 0 radical (unpaired) electrons. The summed E-state index contributed by atoms with van der Waals surface area (Å²) in [5.74, 6) is -0.258. The Kier molecular flexibility index (Phi) is 3.05. The minimum Gasteiger partial charge on any atom is -0.493 e. The number of fused-ring (bicyclic) bond motifs is 1. The van der Waals surface area contributed by atoms with Gasteiger partial charge < -0.3 is 14.6 Å². The summed E-state index contributed by atoms with van der Waals surface area (Å²) in [5.41, 5.74) is 0.665. The van der Waals surface area contributed by atoms with E-state index in [1.807, 2.05) is 0 Å². The Balaban J connectivity index is 2.58. The number of aliphatic carboxylic acids is 1. The zero-order valence-corrected chi connectivity index (χ0v) is 10.3. The quantitative estimate of drug-likeness (QED) is 0.907. The molecule has 1 N–H and O–H groups in total. The smallest absolute Gasteiger partial charge is 0.311 e. The molecule has 1 aliphatic rings. The molecule has 1 heterocycles. The lowest BCUT2D eigenvalue weighted by Gasteiger charge is -2.25. The van der Waals surface area contributed by atoms with Gasteiger partial charge >= 0.3 is 5.97 Å². The zero-order valence-electron chi connectivity index (χ0n) is 8.70. The van der Waals surface area contributed by atoms with E-state index < -0.39 is 11.9 Å². The summed E-state index contributed by atoms with van der Waals surface area (Å²) in [6.45, 7) is 0.400. The Morgan fingerprint density at radius 3 is 3.00 bits per heavy atom. The molecule has 1 atom stereocenters. The minimum absolute atomic E-state index is 0.400. The van der Waals surface area contributed by atoms with Crippen molar-refractivity contribution < 1.29 is 19.4 Å². The number of hydrogen-bond acceptors (Lipinski definition) is 3. The molecule has 0 saturated carbocycles. The predicted molar refractivity (Wildman–Crippen MR) is 61.2 cm³/mol. The number of benzene rings is 1. The van der Waals surface area contributed by atoms with Crippen molar-refractivity contribution in [3.05, 3.63) is 22.2 Å². The van der Waals surface area contributed by atoms with E-state index in [1.165, 1.54) is 7.11 Å². The third-order valence-electron chi connectivity index (χ3n) is 2.63. The van der Waals surface area contributed by atoms with E-state index in [1.54, 1.807) is 12.1 Å². The summed E-state index contributed by atoms with van der Waals surface area (Å²) in [4.78, 5) is 11.2. The van der Waals surface area contributed by atoms with Crippen LogP contribution in [0.5, 0.6) is 11.5 Å². The second-order valence-electron chi connectivity index (χ2n) is 3.52. The highest BCUT2D eigenvalue weighted by atomic mass is 79.9. The van der Waals surface area contributed by atoms with Crippen LogP contribution in [0.2, 0.25) is 0 Å². The topological polar surface area (TPSA) is 55.8 Å². The highest BCUT2D eigenvalue weighted by Gasteiger charge is 2.31. The van der Waals surface area contributed by atoms with Crippen molar-refractivity contribution in [2.24, 2.45) is 0 Å². The Morgan fingerprint density at radius 2 is 2.38 bits per heavy atom. The molecule has 16 heavy (non-hydrogen) atoms. The monoisotopic (exact) mass is 286 g/mol. The van der Waals surface area contributed by atoms with Crippen molar-refractivity contribution in [3.8, 4) is 11.5 Å². The summed E-state index contributed by atoms with van der Waals surface area (Å²) in [5, 5.41) is 9.16. The maximum Gasteiger partial charge on any atom is 0.311 e. The van der Waals surface area contributed by atoms with Crippen molar-refractivity contribution in [1.29, 1.82) is 0 Å². The van der Waals surface area contributed by atoms with Gasteiger partial charge in [0.1, 0.15) is 0 Å². The highest BCUT2D eigenvalue weighted by molar-refractivity contribution is 9.10. The molecule has 1 unspecified atom stereocenters. The van der Waals surface area contributed by atoms with Crippen LogP contribution in [-0.2, 0) is 4.79 Å². The van der Waals surface area contributed by atoms with Gasteiger partial charge in [0.2, 0.25) is 0 Å². The van der Waals surface area contributed by atoms with E-state index in [0.29, 0.717) is 30.1 Å². The predicted octanol–water partition coefficient (Wildman–Crippen LogP) is 2.41. The van der Waals surface area contributed by atoms with Crippen LogP contribution >= 0.6 is 15.9 Å². The summed E-state index contributed by atoms with van der Waals surface area (Å²) in [7, 11) is 1.54. The Bertz CT molecular complexity index is 430. The molecule has 2 rings (SSSR count). The third-order valence-corrected chi connectivity index (χ3v) is 3.32. The molecule has 0 aromatic heterocycles. The van der Waals surface area contributed by atoms with Crippen molar-refractivity contribution in [1.82, 2.24) is 0 Å². The van der Waals surface area contributed by atoms with Crippen LogP contribution in [0.3, 0.4) is 0 Å². The fourth-order valence-corrected chi connectivity index (χ4v) is 2.45. The van der Waals surface area contributed by atoms with E-state index >= 15 is 0 Å². The SMILES string of the molecule is COc1ccc(Br)c2c1OCCC2C(=O)O. The molecule has 0 amide bonds. The molecule has 86 valence electrons. The number of carbonyl (C=O) groups is 1. The van der Waals surface area contributed by atoms with Gasteiger partial charge in [-0.15, -0.1) is 0 Å². The zero-order chi connectivity index (χ0) is 11.7. The van der Waals surface area contributed by atoms with E-state index in [4.69, 9.17) is 14.6 Å². The van der Waals surface area contributed by atoms with Crippen LogP contribution in [0.15, 0.2) is 16.6 Å². The second-order valence-corrected chi connectivity index (χ2v) is 4.37. The molecule has 1 aliphatic heterocycles.